The van der Waals surface area contributed by atoms with Gasteiger partial charge in [0, 0.05) is 18.7 Å². The average molecular weight is 349 g/mol. The van der Waals surface area contributed by atoms with Crippen molar-refractivity contribution in [3.8, 4) is 0 Å². The number of para-hydroxylation sites is 1. The minimum absolute atomic E-state index is 0.182. The molecule has 1 N–H and O–H groups in total. The number of benzene rings is 1. The van der Waals surface area contributed by atoms with Crippen molar-refractivity contribution in [3.05, 3.63) is 65.7 Å². The molecule has 5 rings (SSSR count). The van der Waals surface area contributed by atoms with Gasteiger partial charge in [-0.25, -0.2) is 15.0 Å². The Kier molecular flexibility index (Phi) is 3.18. The zero-order chi connectivity index (χ0) is 17.7. The molecule has 4 heterocycles. The molecule has 4 aromatic rings. The van der Waals surface area contributed by atoms with Crippen molar-refractivity contribution >= 4 is 17.0 Å². The van der Waals surface area contributed by atoms with E-state index in [0.29, 0.717) is 18.9 Å². The molecule has 8 heteroatoms. The quantitative estimate of drug-likeness (QED) is 0.597. The van der Waals surface area contributed by atoms with Gasteiger partial charge in [-0.3, -0.25) is 4.79 Å². The highest BCUT2D eigenvalue weighted by Gasteiger charge is 2.38. The Labute approximate surface area is 147 Å². The molecule has 0 unspecified atom stereocenters. The number of rotatable bonds is 2. The SMILES string of the molecule is Cc1cccc2nc([C@@H]3c4nc[nH]c4CCN3C(=O)c3cnco3)oc12. The van der Waals surface area contributed by atoms with Crippen LogP contribution in [0.4, 0.5) is 0 Å². The largest absolute Gasteiger partial charge is 0.438 e. The number of carbonyl (C=O) groups is 1. The number of oxazole rings is 2. The third kappa shape index (κ3) is 2.15. The van der Waals surface area contributed by atoms with Crippen molar-refractivity contribution in [2.45, 2.75) is 19.4 Å². The Morgan fingerprint density at radius 2 is 2.31 bits per heavy atom. The number of aryl methyl sites for hydroxylation is 1. The minimum Gasteiger partial charge on any atom is -0.438 e. The summed E-state index contributed by atoms with van der Waals surface area (Å²) < 4.78 is 11.3. The third-order valence-corrected chi connectivity index (χ3v) is 4.69. The summed E-state index contributed by atoms with van der Waals surface area (Å²) in [6.45, 7) is 2.46. The molecule has 1 amide bonds. The van der Waals surface area contributed by atoms with Gasteiger partial charge in [0.25, 0.3) is 5.91 Å². The molecule has 0 radical (unpaired) electrons. The van der Waals surface area contributed by atoms with Crippen molar-refractivity contribution in [3.63, 3.8) is 0 Å². The van der Waals surface area contributed by atoms with Crippen LogP contribution in [0, 0.1) is 6.92 Å². The van der Waals surface area contributed by atoms with Gasteiger partial charge in [-0.1, -0.05) is 12.1 Å². The number of hydrogen-bond acceptors (Lipinski definition) is 6. The monoisotopic (exact) mass is 349 g/mol. The molecule has 0 spiro atoms. The first-order chi connectivity index (χ1) is 12.7. The van der Waals surface area contributed by atoms with Crippen LogP contribution in [0.2, 0.25) is 0 Å². The van der Waals surface area contributed by atoms with E-state index in [4.69, 9.17) is 8.83 Å². The van der Waals surface area contributed by atoms with Gasteiger partial charge in [0.05, 0.1) is 18.2 Å². The maximum Gasteiger partial charge on any atom is 0.292 e. The van der Waals surface area contributed by atoms with E-state index in [0.717, 1.165) is 28.1 Å². The number of carbonyl (C=O) groups excluding carboxylic acids is 1. The summed E-state index contributed by atoms with van der Waals surface area (Å²) >= 11 is 0. The summed E-state index contributed by atoms with van der Waals surface area (Å²) in [5.41, 5.74) is 4.20. The van der Waals surface area contributed by atoms with Crippen molar-refractivity contribution in [1.29, 1.82) is 0 Å². The van der Waals surface area contributed by atoms with Crippen LogP contribution in [-0.4, -0.2) is 37.3 Å². The van der Waals surface area contributed by atoms with Crippen LogP contribution >= 0.6 is 0 Å². The first-order valence-corrected chi connectivity index (χ1v) is 8.30. The Morgan fingerprint density at radius 3 is 3.12 bits per heavy atom. The zero-order valence-corrected chi connectivity index (χ0v) is 14.0. The van der Waals surface area contributed by atoms with E-state index in [1.165, 1.54) is 12.6 Å². The fourth-order valence-electron chi connectivity index (χ4n) is 3.43. The van der Waals surface area contributed by atoms with E-state index in [9.17, 15) is 4.79 Å². The summed E-state index contributed by atoms with van der Waals surface area (Å²) in [4.78, 5) is 30.7. The lowest BCUT2D eigenvalue weighted by atomic mass is 10.0. The third-order valence-electron chi connectivity index (χ3n) is 4.69. The molecule has 1 atom stereocenters. The van der Waals surface area contributed by atoms with Gasteiger partial charge in [-0.15, -0.1) is 0 Å². The van der Waals surface area contributed by atoms with Gasteiger partial charge >= 0.3 is 0 Å². The van der Waals surface area contributed by atoms with E-state index < -0.39 is 6.04 Å². The summed E-state index contributed by atoms with van der Waals surface area (Å²) in [6, 6.07) is 5.28. The van der Waals surface area contributed by atoms with Crippen molar-refractivity contribution in [2.24, 2.45) is 0 Å². The molecule has 0 saturated heterocycles. The average Bonchev–Trinajstić information content (AvgIpc) is 3.39. The lowest BCUT2D eigenvalue weighted by Gasteiger charge is -2.32. The van der Waals surface area contributed by atoms with Crippen molar-refractivity contribution < 1.29 is 13.6 Å². The summed E-state index contributed by atoms with van der Waals surface area (Å²) in [5.74, 6) is 0.358. The van der Waals surface area contributed by atoms with Crippen LogP contribution in [-0.2, 0) is 6.42 Å². The molecule has 3 aromatic heterocycles. The van der Waals surface area contributed by atoms with Crippen LogP contribution in [0.15, 0.2) is 46.0 Å². The maximum absolute atomic E-state index is 12.9. The molecular weight excluding hydrogens is 334 g/mol. The molecule has 0 bridgehead atoms. The molecule has 1 aliphatic rings. The second-order valence-corrected chi connectivity index (χ2v) is 6.26. The first-order valence-electron chi connectivity index (χ1n) is 8.30. The second-order valence-electron chi connectivity index (χ2n) is 6.26. The predicted molar refractivity (Wildman–Crippen MR) is 90.4 cm³/mol. The highest BCUT2D eigenvalue weighted by Crippen LogP contribution is 2.35. The summed E-state index contributed by atoms with van der Waals surface area (Å²) in [7, 11) is 0. The zero-order valence-electron chi connectivity index (χ0n) is 14.0. The van der Waals surface area contributed by atoms with Gasteiger partial charge in [-0.2, -0.15) is 0 Å². The Hall–Kier alpha value is -3.42. The number of aromatic nitrogens is 4. The molecule has 0 aliphatic carbocycles. The molecule has 0 saturated carbocycles. The molecular formula is C18H15N5O3. The van der Waals surface area contributed by atoms with E-state index in [-0.39, 0.29) is 11.7 Å². The lowest BCUT2D eigenvalue weighted by molar-refractivity contribution is 0.0635. The van der Waals surface area contributed by atoms with E-state index in [1.807, 2.05) is 25.1 Å². The smallest absolute Gasteiger partial charge is 0.292 e. The standard InChI is InChI=1S/C18H15N5O3/c1-10-3-2-4-12-16(10)26-17(22-12)15-14-11(20-8-21-14)5-6-23(15)18(24)13-7-19-9-25-13/h2-4,7-9,15H,5-6H2,1H3,(H,20,21)/t15-/m0/s1. The fourth-order valence-corrected chi connectivity index (χ4v) is 3.43. The van der Waals surface area contributed by atoms with Gasteiger partial charge in [-0.05, 0) is 18.6 Å². The summed E-state index contributed by atoms with van der Waals surface area (Å²) in [5, 5.41) is 0. The number of fused-ring (bicyclic) bond motifs is 2. The lowest BCUT2D eigenvalue weighted by Crippen LogP contribution is -2.40. The highest BCUT2D eigenvalue weighted by molar-refractivity contribution is 5.92. The van der Waals surface area contributed by atoms with Crippen molar-refractivity contribution in [1.82, 2.24) is 24.8 Å². The topological polar surface area (TPSA) is 101 Å². The summed E-state index contributed by atoms with van der Waals surface area (Å²) in [6.07, 6.45) is 4.96. The van der Waals surface area contributed by atoms with Crippen LogP contribution < -0.4 is 0 Å². The van der Waals surface area contributed by atoms with Crippen LogP contribution in [0.25, 0.3) is 11.1 Å². The molecule has 26 heavy (non-hydrogen) atoms. The van der Waals surface area contributed by atoms with Crippen LogP contribution in [0.3, 0.4) is 0 Å². The first kappa shape index (κ1) is 14.9. The second kappa shape index (κ2) is 5.55. The maximum atomic E-state index is 12.9. The molecule has 130 valence electrons. The minimum atomic E-state index is -0.519. The number of hydrogen-bond donors (Lipinski definition) is 1. The Bertz CT molecular complexity index is 1100. The number of imidazole rings is 1. The number of aromatic amines is 1. The predicted octanol–water partition coefficient (Wildman–Crippen LogP) is 2.64. The van der Waals surface area contributed by atoms with Crippen LogP contribution in [0.5, 0.6) is 0 Å². The molecule has 0 fully saturated rings. The fraction of sp³-hybridized carbons (Fsp3) is 0.222. The normalized spacial score (nSPS) is 16.8. The van der Waals surface area contributed by atoms with Gasteiger partial charge in [0.1, 0.15) is 5.52 Å². The van der Waals surface area contributed by atoms with Gasteiger partial charge in [0.15, 0.2) is 18.0 Å². The van der Waals surface area contributed by atoms with Crippen LogP contribution in [0.1, 0.15) is 39.4 Å². The number of H-pyrrole nitrogens is 1. The molecule has 1 aromatic carbocycles. The van der Waals surface area contributed by atoms with Gasteiger partial charge < -0.3 is 18.7 Å². The molecule has 1 aliphatic heterocycles. The Balaban J connectivity index is 1.66. The number of amides is 1. The molecule has 8 nitrogen and oxygen atoms in total. The van der Waals surface area contributed by atoms with E-state index in [1.54, 1.807) is 11.2 Å². The number of nitrogens with one attached hydrogen (secondary N) is 1. The van der Waals surface area contributed by atoms with Crippen molar-refractivity contribution in [2.75, 3.05) is 6.54 Å². The highest BCUT2D eigenvalue weighted by atomic mass is 16.4. The van der Waals surface area contributed by atoms with E-state index >= 15 is 0 Å². The van der Waals surface area contributed by atoms with E-state index in [2.05, 4.69) is 19.9 Å². The Morgan fingerprint density at radius 1 is 1.38 bits per heavy atom. The van der Waals surface area contributed by atoms with Gasteiger partial charge in [0.2, 0.25) is 11.7 Å². The number of nitrogens with zero attached hydrogens (tertiary/aromatic N) is 4.